The van der Waals surface area contributed by atoms with Crippen LogP contribution < -0.4 is 17.0 Å². The number of anilines is 1. The van der Waals surface area contributed by atoms with Gasteiger partial charge in [-0.15, -0.1) is 0 Å². The van der Waals surface area contributed by atoms with E-state index in [1.165, 1.54) is 0 Å². The molecule has 0 unspecified atom stereocenters. The summed E-state index contributed by atoms with van der Waals surface area (Å²) in [6.45, 7) is 0. The lowest BCUT2D eigenvalue weighted by Gasteiger charge is -1.98. The van der Waals surface area contributed by atoms with Crippen molar-refractivity contribution in [1.82, 2.24) is 9.97 Å². The van der Waals surface area contributed by atoms with E-state index in [2.05, 4.69) is 9.97 Å². The molecular weight excluding hydrogens is 170 g/mol. The Balaban J connectivity index is 3.12. The molecule has 13 heavy (non-hydrogen) atoms. The van der Waals surface area contributed by atoms with Crippen LogP contribution in [0.2, 0.25) is 0 Å². The number of aromatic nitrogens is 2. The van der Waals surface area contributed by atoms with Gasteiger partial charge in [-0.1, -0.05) is 6.07 Å². The van der Waals surface area contributed by atoms with Crippen molar-refractivity contribution in [2.24, 2.45) is 0 Å². The van der Waals surface area contributed by atoms with Gasteiger partial charge in [0, 0.05) is 0 Å². The molecule has 0 aliphatic rings. The monoisotopic (exact) mass is 177 g/mol. The van der Waals surface area contributed by atoms with Crippen LogP contribution in [-0.4, -0.2) is 9.97 Å². The summed E-state index contributed by atoms with van der Waals surface area (Å²) in [5.41, 5.74) is 5.38. The van der Waals surface area contributed by atoms with Crippen molar-refractivity contribution in [1.29, 1.82) is 0 Å². The lowest BCUT2D eigenvalue weighted by atomic mass is 10.2. The molecule has 1 aromatic heterocycles. The second-order valence-corrected chi connectivity index (χ2v) is 2.68. The summed E-state index contributed by atoms with van der Waals surface area (Å²) < 4.78 is 0. The van der Waals surface area contributed by atoms with Crippen molar-refractivity contribution in [3.05, 3.63) is 39.0 Å². The highest BCUT2D eigenvalue weighted by atomic mass is 16.2. The van der Waals surface area contributed by atoms with E-state index in [4.69, 9.17) is 5.73 Å². The predicted octanol–water partition coefficient (Wildman–Crippen LogP) is -0.201. The molecule has 5 heteroatoms. The molecule has 0 radical (unpaired) electrons. The molecule has 2 aromatic rings. The SMILES string of the molecule is Nc1cccc2c(=O)[nH]c(=O)[nH]c12. The predicted molar refractivity (Wildman–Crippen MR) is 49.6 cm³/mol. The zero-order valence-electron chi connectivity index (χ0n) is 6.63. The molecule has 0 amide bonds. The number of H-pyrrole nitrogens is 2. The van der Waals surface area contributed by atoms with Crippen LogP contribution in [-0.2, 0) is 0 Å². The Kier molecular flexibility index (Phi) is 1.45. The first-order chi connectivity index (χ1) is 6.18. The molecule has 1 heterocycles. The van der Waals surface area contributed by atoms with Crippen molar-refractivity contribution in [2.45, 2.75) is 0 Å². The van der Waals surface area contributed by atoms with E-state index in [1.807, 2.05) is 0 Å². The van der Waals surface area contributed by atoms with Crippen molar-refractivity contribution >= 4 is 16.6 Å². The van der Waals surface area contributed by atoms with E-state index in [1.54, 1.807) is 18.2 Å². The first-order valence-electron chi connectivity index (χ1n) is 3.69. The van der Waals surface area contributed by atoms with Crippen molar-refractivity contribution in [3.8, 4) is 0 Å². The molecule has 2 rings (SSSR count). The maximum absolute atomic E-state index is 11.2. The van der Waals surface area contributed by atoms with E-state index in [-0.39, 0.29) is 0 Å². The van der Waals surface area contributed by atoms with Crippen LogP contribution in [0.1, 0.15) is 0 Å². The largest absolute Gasteiger partial charge is 0.397 e. The number of aromatic amines is 2. The van der Waals surface area contributed by atoms with Crippen LogP contribution in [0.5, 0.6) is 0 Å². The Bertz CT molecular complexity index is 567. The number of fused-ring (bicyclic) bond motifs is 1. The molecule has 0 spiro atoms. The van der Waals surface area contributed by atoms with Crippen molar-refractivity contribution in [2.75, 3.05) is 5.73 Å². The Morgan fingerprint density at radius 2 is 1.92 bits per heavy atom. The molecule has 0 atom stereocenters. The number of rotatable bonds is 0. The Morgan fingerprint density at radius 3 is 2.69 bits per heavy atom. The van der Waals surface area contributed by atoms with Gasteiger partial charge in [-0.05, 0) is 12.1 Å². The van der Waals surface area contributed by atoms with Gasteiger partial charge < -0.3 is 10.7 Å². The smallest absolute Gasteiger partial charge is 0.326 e. The Labute approximate surface area is 72.2 Å². The quantitative estimate of drug-likeness (QED) is 0.486. The summed E-state index contributed by atoms with van der Waals surface area (Å²) in [6, 6.07) is 4.88. The minimum absolute atomic E-state index is 0.385. The first kappa shape index (κ1) is 7.60. The lowest BCUT2D eigenvalue weighted by molar-refractivity contribution is 1.08. The highest BCUT2D eigenvalue weighted by Gasteiger charge is 2.01. The molecule has 0 saturated heterocycles. The standard InChI is InChI=1S/C8H7N3O2/c9-5-3-1-2-4-6(5)10-8(13)11-7(4)12/h1-3H,9H2,(H2,10,11,12,13). The van der Waals surface area contributed by atoms with Crippen molar-refractivity contribution in [3.63, 3.8) is 0 Å². The van der Waals surface area contributed by atoms with E-state index < -0.39 is 11.2 Å². The van der Waals surface area contributed by atoms with E-state index >= 15 is 0 Å². The molecule has 0 bridgehead atoms. The summed E-state index contributed by atoms with van der Waals surface area (Å²) in [6.07, 6.45) is 0. The Morgan fingerprint density at radius 1 is 1.15 bits per heavy atom. The highest BCUT2D eigenvalue weighted by Crippen LogP contribution is 2.12. The van der Waals surface area contributed by atoms with Crippen molar-refractivity contribution < 1.29 is 0 Å². The van der Waals surface area contributed by atoms with Gasteiger partial charge >= 0.3 is 5.69 Å². The van der Waals surface area contributed by atoms with Crippen LogP contribution in [0.3, 0.4) is 0 Å². The number of hydrogen-bond donors (Lipinski definition) is 3. The number of hydrogen-bond acceptors (Lipinski definition) is 3. The Hall–Kier alpha value is -2.04. The summed E-state index contributed by atoms with van der Waals surface area (Å²) >= 11 is 0. The van der Waals surface area contributed by atoms with Crippen LogP contribution in [0, 0.1) is 0 Å². The number of nitrogens with one attached hydrogen (secondary N) is 2. The van der Waals surface area contributed by atoms with Gasteiger partial charge in [-0.2, -0.15) is 0 Å². The van der Waals surface area contributed by atoms with Gasteiger partial charge in [0.2, 0.25) is 0 Å². The number of para-hydroxylation sites is 1. The van der Waals surface area contributed by atoms with Crippen LogP contribution in [0.15, 0.2) is 27.8 Å². The van der Waals surface area contributed by atoms with E-state index in [0.29, 0.717) is 16.6 Å². The zero-order valence-corrected chi connectivity index (χ0v) is 6.63. The fourth-order valence-corrected chi connectivity index (χ4v) is 1.21. The van der Waals surface area contributed by atoms with Gasteiger partial charge in [0.05, 0.1) is 16.6 Å². The topological polar surface area (TPSA) is 91.7 Å². The fourth-order valence-electron chi connectivity index (χ4n) is 1.21. The van der Waals surface area contributed by atoms with Gasteiger partial charge in [0.25, 0.3) is 5.56 Å². The number of nitrogen functional groups attached to an aromatic ring is 1. The van der Waals surface area contributed by atoms with Crippen LogP contribution >= 0.6 is 0 Å². The molecule has 0 fully saturated rings. The van der Waals surface area contributed by atoms with Gasteiger partial charge in [0.1, 0.15) is 0 Å². The minimum Gasteiger partial charge on any atom is -0.397 e. The molecule has 0 aliphatic carbocycles. The third-order valence-electron chi connectivity index (χ3n) is 1.81. The number of benzene rings is 1. The zero-order chi connectivity index (χ0) is 9.42. The average molecular weight is 177 g/mol. The minimum atomic E-state index is -0.546. The maximum Gasteiger partial charge on any atom is 0.326 e. The third kappa shape index (κ3) is 1.10. The summed E-state index contributed by atoms with van der Waals surface area (Å²) in [7, 11) is 0. The average Bonchev–Trinajstić information content (AvgIpc) is 2.07. The van der Waals surface area contributed by atoms with Crippen LogP contribution in [0.4, 0.5) is 5.69 Å². The van der Waals surface area contributed by atoms with Gasteiger partial charge in [0.15, 0.2) is 0 Å². The molecule has 5 nitrogen and oxygen atoms in total. The summed E-state index contributed by atoms with van der Waals surface area (Å²) in [5.74, 6) is 0. The normalized spacial score (nSPS) is 10.5. The van der Waals surface area contributed by atoms with Gasteiger partial charge in [-0.3, -0.25) is 9.78 Å². The molecular formula is C8H7N3O2. The fraction of sp³-hybridized carbons (Fsp3) is 0. The molecule has 1 aromatic carbocycles. The summed E-state index contributed by atoms with van der Waals surface area (Å²) in [5, 5.41) is 0.389. The molecule has 4 N–H and O–H groups in total. The van der Waals surface area contributed by atoms with Gasteiger partial charge in [-0.25, -0.2) is 4.79 Å². The second kappa shape index (κ2) is 2.48. The number of nitrogens with two attached hydrogens (primary N) is 1. The van der Waals surface area contributed by atoms with Crippen LogP contribution in [0.25, 0.3) is 10.9 Å². The molecule has 66 valence electrons. The van der Waals surface area contributed by atoms with E-state index in [9.17, 15) is 9.59 Å². The summed E-state index contributed by atoms with van der Waals surface area (Å²) in [4.78, 5) is 26.7. The lowest BCUT2D eigenvalue weighted by Crippen LogP contribution is -2.22. The molecule has 0 saturated carbocycles. The second-order valence-electron chi connectivity index (χ2n) is 2.68. The first-order valence-corrected chi connectivity index (χ1v) is 3.69. The molecule has 0 aliphatic heterocycles. The highest BCUT2D eigenvalue weighted by molar-refractivity contribution is 5.88. The maximum atomic E-state index is 11.2. The van der Waals surface area contributed by atoms with E-state index in [0.717, 1.165) is 0 Å². The third-order valence-corrected chi connectivity index (χ3v) is 1.81.